The molecule has 3 heteroatoms. The maximum atomic E-state index is 12.8. The van der Waals surface area contributed by atoms with Crippen molar-refractivity contribution in [2.45, 2.75) is 26.7 Å². The van der Waals surface area contributed by atoms with Crippen molar-refractivity contribution in [3.05, 3.63) is 70.8 Å². The van der Waals surface area contributed by atoms with Gasteiger partial charge < -0.3 is 4.74 Å². The Kier molecular flexibility index (Phi) is 5.10. The van der Waals surface area contributed by atoms with Gasteiger partial charge in [-0.3, -0.25) is 9.59 Å². The smallest absolute Gasteiger partial charge is 0.321 e. The third-order valence-corrected chi connectivity index (χ3v) is 3.50. The van der Waals surface area contributed by atoms with Gasteiger partial charge >= 0.3 is 5.97 Å². The lowest BCUT2D eigenvalue weighted by atomic mass is 9.89. The molecular weight excluding hydrogens is 276 g/mol. The summed E-state index contributed by atoms with van der Waals surface area (Å²) in [6, 6.07) is 14.7. The summed E-state index contributed by atoms with van der Waals surface area (Å²) in [6.07, 6.45) is 0. The second kappa shape index (κ2) is 7.03. The molecule has 0 N–H and O–H groups in total. The van der Waals surface area contributed by atoms with Crippen LogP contribution in [0.5, 0.6) is 0 Å². The number of rotatable bonds is 5. The van der Waals surface area contributed by atoms with Crippen LogP contribution in [0.15, 0.2) is 48.5 Å². The first-order valence-electron chi connectivity index (χ1n) is 7.37. The van der Waals surface area contributed by atoms with Crippen molar-refractivity contribution >= 4 is 11.8 Å². The zero-order chi connectivity index (χ0) is 16.1. The van der Waals surface area contributed by atoms with Gasteiger partial charge in [-0.05, 0) is 26.3 Å². The van der Waals surface area contributed by atoms with Gasteiger partial charge in [-0.1, -0.05) is 59.7 Å². The van der Waals surface area contributed by atoms with Gasteiger partial charge in [0.05, 0.1) is 6.61 Å². The number of ether oxygens (including phenoxy) is 1. The van der Waals surface area contributed by atoms with E-state index in [0.29, 0.717) is 11.1 Å². The summed E-state index contributed by atoms with van der Waals surface area (Å²) in [7, 11) is 0. The quantitative estimate of drug-likeness (QED) is 0.478. The van der Waals surface area contributed by atoms with E-state index in [1.165, 1.54) is 0 Å². The zero-order valence-corrected chi connectivity index (χ0v) is 13.1. The molecule has 0 aromatic heterocycles. The van der Waals surface area contributed by atoms with E-state index in [1.807, 2.05) is 44.2 Å². The molecule has 0 aliphatic heterocycles. The van der Waals surface area contributed by atoms with Crippen LogP contribution in [-0.4, -0.2) is 18.4 Å². The summed E-state index contributed by atoms with van der Waals surface area (Å²) >= 11 is 0. The summed E-state index contributed by atoms with van der Waals surface area (Å²) in [5.41, 5.74) is 3.26. The number of Topliss-reactive ketones (excluding diaryl/α,β-unsaturated/α-hetero) is 1. The van der Waals surface area contributed by atoms with E-state index >= 15 is 0 Å². The van der Waals surface area contributed by atoms with Gasteiger partial charge in [0.25, 0.3) is 0 Å². The molecule has 2 rings (SSSR count). The van der Waals surface area contributed by atoms with Crippen LogP contribution >= 0.6 is 0 Å². The first-order chi connectivity index (χ1) is 10.5. The molecule has 2 aromatic carbocycles. The zero-order valence-electron chi connectivity index (χ0n) is 13.1. The third kappa shape index (κ3) is 3.61. The number of benzene rings is 2. The topological polar surface area (TPSA) is 43.4 Å². The molecular formula is C19H20O3. The molecule has 0 spiro atoms. The highest BCUT2D eigenvalue weighted by atomic mass is 16.5. The van der Waals surface area contributed by atoms with E-state index in [0.717, 1.165) is 11.1 Å². The second-order valence-electron chi connectivity index (χ2n) is 5.33. The summed E-state index contributed by atoms with van der Waals surface area (Å²) < 4.78 is 5.10. The van der Waals surface area contributed by atoms with Crippen molar-refractivity contribution in [3.8, 4) is 0 Å². The van der Waals surface area contributed by atoms with Crippen molar-refractivity contribution in [1.29, 1.82) is 0 Å². The lowest BCUT2D eigenvalue weighted by molar-refractivity contribution is -0.143. The van der Waals surface area contributed by atoms with Crippen LogP contribution < -0.4 is 0 Å². The fourth-order valence-corrected chi connectivity index (χ4v) is 2.35. The average Bonchev–Trinajstić information content (AvgIpc) is 2.48. The van der Waals surface area contributed by atoms with Gasteiger partial charge in [0.1, 0.15) is 5.92 Å². The first-order valence-corrected chi connectivity index (χ1v) is 7.37. The van der Waals surface area contributed by atoms with E-state index < -0.39 is 11.9 Å². The summed E-state index contributed by atoms with van der Waals surface area (Å²) in [6.45, 7) is 5.88. The van der Waals surface area contributed by atoms with Crippen LogP contribution in [0.2, 0.25) is 0 Å². The molecule has 0 fully saturated rings. The summed E-state index contributed by atoms with van der Waals surface area (Å²) in [4.78, 5) is 25.1. The van der Waals surface area contributed by atoms with E-state index in [1.54, 1.807) is 25.1 Å². The van der Waals surface area contributed by atoms with Crippen molar-refractivity contribution in [3.63, 3.8) is 0 Å². The Morgan fingerprint density at radius 3 is 2.27 bits per heavy atom. The lowest BCUT2D eigenvalue weighted by Crippen LogP contribution is -2.24. The molecule has 0 aliphatic carbocycles. The molecule has 0 aliphatic rings. The number of esters is 1. The van der Waals surface area contributed by atoms with E-state index in [2.05, 4.69) is 0 Å². The number of carbonyl (C=O) groups is 2. The number of aryl methyl sites for hydroxylation is 2. The van der Waals surface area contributed by atoms with Gasteiger partial charge in [0.2, 0.25) is 0 Å². The Morgan fingerprint density at radius 2 is 1.68 bits per heavy atom. The monoisotopic (exact) mass is 296 g/mol. The van der Waals surface area contributed by atoms with E-state index in [-0.39, 0.29) is 12.4 Å². The van der Waals surface area contributed by atoms with Gasteiger partial charge in [-0.15, -0.1) is 0 Å². The Morgan fingerprint density at radius 1 is 1.00 bits per heavy atom. The molecule has 0 saturated heterocycles. The molecule has 1 unspecified atom stereocenters. The SMILES string of the molecule is CCOC(=O)C(C(=O)c1ccc(C)cc1)c1cccc(C)c1. The molecule has 114 valence electrons. The van der Waals surface area contributed by atoms with Gasteiger partial charge in [-0.25, -0.2) is 0 Å². The predicted octanol–water partition coefficient (Wildman–Crippen LogP) is 3.83. The van der Waals surface area contributed by atoms with Crippen molar-refractivity contribution in [2.75, 3.05) is 6.61 Å². The summed E-state index contributed by atoms with van der Waals surface area (Å²) in [5.74, 6) is -1.65. The van der Waals surface area contributed by atoms with Crippen LogP contribution in [0.1, 0.15) is 39.9 Å². The molecule has 1 atom stereocenters. The Labute approximate surface area is 130 Å². The molecule has 22 heavy (non-hydrogen) atoms. The normalized spacial score (nSPS) is 11.8. The second-order valence-corrected chi connectivity index (χ2v) is 5.33. The number of carbonyl (C=O) groups excluding carboxylic acids is 2. The minimum absolute atomic E-state index is 0.232. The fourth-order valence-electron chi connectivity index (χ4n) is 2.35. The molecule has 2 aromatic rings. The van der Waals surface area contributed by atoms with Crippen LogP contribution in [-0.2, 0) is 9.53 Å². The molecule has 0 bridgehead atoms. The Hall–Kier alpha value is -2.42. The van der Waals surface area contributed by atoms with Crippen molar-refractivity contribution < 1.29 is 14.3 Å². The summed E-state index contributed by atoms with van der Waals surface area (Å²) in [5, 5.41) is 0. The largest absolute Gasteiger partial charge is 0.465 e. The van der Waals surface area contributed by atoms with Crippen LogP contribution in [0.3, 0.4) is 0 Å². The highest BCUT2D eigenvalue weighted by molar-refractivity contribution is 6.13. The number of hydrogen-bond donors (Lipinski definition) is 0. The van der Waals surface area contributed by atoms with Crippen molar-refractivity contribution in [1.82, 2.24) is 0 Å². The highest BCUT2D eigenvalue weighted by Crippen LogP contribution is 2.24. The van der Waals surface area contributed by atoms with Gasteiger partial charge in [-0.2, -0.15) is 0 Å². The van der Waals surface area contributed by atoms with Gasteiger partial charge in [0, 0.05) is 5.56 Å². The van der Waals surface area contributed by atoms with Crippen LogP contribution in [0.25, 0.3) is 0 Å². The molecule has 0 heterocycles. The first kappa shape index (κ1) is 16.0. The van der Waals surface area contributed by atoms with E-state index in [4.69, 9.17) is 4.74 Å². The number of ketones is 1. The van der Waals surface area contributed by atoms with Crippen molar-refractivity contribution in [2.24, 2.45) is 0 Å². The number of hydrogen-bond acceptors (Lipinski definition) is 3. The van der Waals surface area contributed by atoms with Crippen LogP contribution in [0, 0.1) is 13.8 Å². The lowest BCUT2D eigenvalue weighted by Gasteiger charge is -2.15. The highest BCUT2D eigenvalue weighted by Gasteiger charge is 2.30. The standard InChI is InChI=1S/C19H20O3/c1-4-22-19(21)17(16-7-5-6-14(3)12-16)18(20)15-10-8-13(2)9-11-15/h5-12,17H,4H2,1-3H3. The Balaban J connectivity index is 2.42. The minimum atomic E-state index is -0.914. The molecule has 3 nitrogen and oxygen atoms in total. The predicted molar refractivity (Wildman–Crippen MR) is 86.1 cm³/mol. The molecule has 0 saturated carbocycles. The molecule has 0 radical (unpaired) electrons. The van der Waals surface area contributed by atoms with Crippen LogP contribution in [0.4, 0.5) is 0 Å². The molecule has 0 amide bonds. The van der Waals surface area contributed by atoms with Gasteiger partial charge in [0.15, 0.2) is 5.78 Å². The van der Waals surface area contributed by atoms with E-state index in [9.17, 15) is 9.59 Å². The average molecular weight is 296 g/mol. The minimum Gasteiger partial charge on any atom is -0.465 e. The third-order valence-electron chi connectivity index (χ3n) is 3.50. The fraction of sp³-hybridized carbons (Fsp3) is 0.263. The Bertz CT molecular complexity index is 671. The maximum Gasteiger partial charge on any atom is 0.321 e. The maximum absolute atomic E-state index is 12.8.